The minimum atomic E-state index is -2.70. The molecule has 23 heavy (non-hydrogen) atoms. The summed E-state index contributed by atoms with van der Waals surface area (Å²) in [6.45, 7) is 1.54. The van der Waals surface area contributed by atoms with E-state index in [4.69, 9.17) is 0 Å². The molecule has 3 saturated carbocycles. The number of carbonyl (C=O) groups is 2. The molecule has 2 bridgehead atoms. The van der Waals surface area contributed by atoms with Crippen LogP contribution in [-0.2, 0) is 9.59 Å². The molecule has 0 aromatic carbocycles. The van der Waals surface area contributed by atoms with E-state index in [2.05, 4.69) is 5.32 Å². The zero-order valence-corrected chi connectivity index (χ0v) is 15.2. The number of alkyl halides is 2. The number of carboxylic acid groups (broad SMARTS) is 1. The van der Waals surface area contributed by atoms with Crippen LogP contribution in [0, 0.1) is 35.0 Å². The SMILES string of the molecule is C[C@@]1(C(=O)[O-])[C@@H]2C=C[C@@H](C2)[C@@H]1C(=O)N[C@@H]1[C@H]2CCC(F)(F)[C@H]21.[Na+]. The van der Waals surface area contributed by atoms with E-state index in [0.29, 0.717) is 12.8 Å². The molecule has 1 N–H and O–H groups in total. The normalized spacial score (nSPS) is 47.8. The van der Waals surface area contributed by atoms with Crippen LogP contribution in [0.15, 0.2) is 12.2 Å². The maximum Gasteiger partial charge on any atom is 1.00 e. The van der Waals surface area contributed by atoms with Crippen LogP contribution in [0.4, 0.5) is 8.78 Å². The molecule has 4 aliphatic carbocycles. The van der Waals surface area contributed by atoms with Crippen molar-refractivity contribution in [3.05, 3.63) is 12.2 Å². The van der Waals surface area contributed by atoms with Crippen LogP contribution in [0.1, 0.15) is 26.2 Å². The number of carboxylic acids is 1. The smallest absolute Gasteiger partial charge is 0.550 e. The van der Waals surface area contributed by atoms with Crippen molar-refractivity contribution in [1.82, 2.24) is 5.32 Å². The fourth-order valence-electron chi connectivity index (χ4n) is 5.13. The van der Waals surface area contributed by atoms with Gasteiger partial charge in [-0.2, -0.15) is 0 Å². The summed E-state index contributed by atoms with van der Waals surface area (Å²) in [5, 5.41) is 14.3. The molecule has 4 aliphatic rings. The van der Waals surface area contributed by atoms with Crippen molar-refractivity contribution in [3.8, 4) is 0 Å². The summed E-state index contributed by atoms with van der Waals surface area (Å²) < 4.78 is 27.2. The first-order valence-corrected chi connectivity index (χ1v) is 7.85. The Kier molecular flexibility index (Phi) is 3.98. The molecule has 0 unspecified atom stereocenters. The van der Waals surface area contributed by atoms with Crippen molar-refractivity contribution < 1.29 is 53.0 Å². The average Bonchev–Trinajstić information content (AvgIpc) is 2.75. The first kappa shape index (κ1) is 17.4. The molecule has 0 spiro atoms. The third-order valence-corrected chi connectivity index (χ3v) is 6.46. The van der Waals surface area contributed by atoms with Gasteiger partial charge in [-0.15, -0.1) is 0 Å². The molecule has 1 amide bonds. The Balaban J connectivity index is 0.00000156. The largest absolute Gasteiger partial charge is 1.00 e. The molecule has 120 valence electrons. The Morgan fingerprint density at radius 3 is 2.57 bits per heavy atom. The zero-order chi connectivity index (χ0) is 15.9. The van der Waals surface area contributed by atoms with Gasteiger partial charge >= 0.3 is 29.6 Å². The zero-order valence-electron chi connectivity index (χ0n) is 13.2. The summed E-state index contributed by atoms with van der Waals surface area (Å²) in [6, 6.07) is -0.495. The quantitative estimate of drug-likeness (QED) is 0.468. The number of fused-ring (bicyclic) bond motifs is 3. The summed E-state index contributed by atoms with van der Waals surface area (Å²) in [7, 11) is 0. The van der Waals surface area contributed by atoms with Crippen LogP contribution in [-0.4, -0.2) is 23.8 Å². The number of rotatable bonds is 3. The van der Waals surface area contributed by atoms with Crippen molar-refractivity contribution in [1.29, 1.82) is 0 Å². The van der Waals surface area contributed by atoms with Gasteiger partial charge in [0, 0.05) is 29.8 Å². The number of aliphatic carboxylic acids is 1. The second kappa shape index (κ2) is 5.27. The first-order chi connectivity index (χ1) is 10.3. The predicted octanol–water partition coefficient (Wildman–Crippen LogP) is -2.27. The maximum absolute atomic E-state index is 13.6. The summed E-state index contributed by atoms with van der Waals surface area (Å²) in [5.41, 5.74) is -1.24. The molecule has 0 heterocycles. The van der Waals surface area contributed by atoms with Gasteiger partial charge in [-0.3, -0.25) is 4.79 Å². The van der Waals surface area contributed by atoms with Gasteiger partial charge < -0.3 is 15.2 Å². The molecule has 4 rings (SSSR count). The van der Waals surface area contributed by atoms with E-state index in [1.165, 1.54) is 0 Å². The van der Waals surface area contributed by atoms with E-state index < -0.39 is 41.1 Å². The molecule has 7 heteroatoms. The van der Waals surface area contributed by atoms with Crippen molar-refractivity contribution in [3.63, 3.8) is 0 Å². The van der Waals surface area contributed by atoms with Gasteiger partial charge in [0.1, 0.15) is 0 Å². The molecule has 4 nitrogen and oxygen atoms in total. The van der Waals surface area contributed by atoms with Crippen LogP contribution in [0.25, 0.3) is 0 Å². The monoisotopic (exact) mass is 333 g/mol. The fraction of sp³-hybridized carbons (Fsp3) is 0.750. The molecule has 0 radical (unpaired) electrons. The molecule has 0 saturated heterocycles. The van der Waals surface area contributed by atoms with Crippen LogP contribution < -0.4 is 40.0 Å². The third-order valence-electron chi connectivity index (χ3n) is 6.46. The van der Waals surface area contributed by atoms with Crippen LogP contribution in [0.2, 0.25) is 0 Å². The Hall–Kier alpha value is -0.460. The third kappa shape index (κ3) is 2.24. The first-order valence-electron chi connectivity index (χ1n) is 7.85. The van der Waals surface area contributed by atoms with Gasteiger partial charge in [0.15, 0.2) is 0 Å². The second-order valence-corrected chi connectivity index (χ2v) is 7.46. The number of allylic oxidation sites excluding steroid dienone is 2. The molecular weight excluding hydrogens is 315 g/mol. The number of hydrogen-bond acceptors (Lipinski definition) is 3. The Labute approximate surface area is 155 Å². The summed E-state index contributed by atoms with van der Waals surface area (Å²) >= 11 is 0. The Morgan fingerprint density at radius 2 is 2.00 bits per heavy atom. The molecule has 0 aromatic heterocycles. The van der Waals surface area contributed by atoms with Crippen LogP contribution in [0.5, 0.6) is 0 Å². The van der Waals surface area contributed by atoms with E-state index in [0.717, 1.165) is 0 Å². The van der Waals surface area contributed by atoms with Crippen LogP contribution >= 0.6 is 0 Å². The fourth-order valence-corrected chi connectivity index (χ4v) is 5.13. The van der Waals surface area contributed by atoms with E-state index >= 15 is 0 Å². The Morgan fingerprint density at radius 1 is 1.30 bits per heavy atom. The van der Waals surface area contributed by atoms with Gasteiger partial charge in [0.05, 0.1) is 5.92 Å². The van der Waals surface area contributed by atoms with E-state index in [1.54, 1.807) is 6.92 Å². The summed E-state index contributed by atoms with van der Waals surface area (Å²) in [5.74, 6) is -6.31. The topological polar surface area (TPSA) is 69.2 Å². The number of hydrogen-bond donors (Lipinski definition) is 1. The van der Waals surface area contributed by atoms with Gasteiger partial charge in [-0.1, -0.05) is 19.1 Å². The van der Waals surface area contributed by atoms with E-state index in [-0.39, 0.29) is 53.7 Å². The van der Waals surface area contributed by atoms with Gasteiger partial charge in [-0.05, 0) is 30.6 Å². The Bertz CT molecular complexity index is 596. The number of nitrogens with one attached hydrogen (secondary N) is 1. The number of amides is 1. The minimum Gasteiger partial charge on any atom is -0.550 e. The minimum absolute atomic E-state index is 0. The van der Waals surface area contributed by atoms with Gasteiger partial charge in [-0.25, -0.2) is 8.78 Å². The second-order valence-electron chi connectivity index (χ2n) is 7.46. The van der Waals surface area contributed by atoms with Crippen molar-refractivity contribution in [2.75, 3.05) is 0 Å². The summed E-state index contributed by atoms with van der Waals surface area (Å²) in [4.78, 5) is 24.2. The van der Waals surface area contributed by atoms with E-state index in [1.807, 2.05) is 12.2 Å². The number of carbonyl (C=O) groups excluding carboxylic acids is 2. The predicted molar refractivity (Wildman–Crippen MR) is 70.4 cm³/mol. The van der Waals surface area contributed by atoms with Crippen molar-refractivity contribution in [2.24, 2.45) is 35.0 Å². The summed E-state index contributed by atoms with van der Waals surface area (Å²) in [6.07, 6.45) is 4.65. The molecule has 3 fully saturated rings. The molecule has 0 aliphatic heterocycles. The van der Waals surface area contributed by atoms with E-state index in [9.17, 15) is 23.5 Å². The number of halogens is 2. The average molecular weight is 333 g/mol. The molecular formula is C16H18F2NNaO3. The standard InChI is InChI=1S/C16H19F2NO3.Na/c1-15(14(21)22)8-3-2-7(6-8)10(15)13(20)19-12-9-4-5-16(17,18)11(9)12;/h2-3,7-12H,4-6H2,1H3,(H,19,20)(H,21,22);/q;+1/p-1/t7-,8+,9-,10+,11+,12+,15+;/m0./s1. The van der Waals surface area contributed by atoms with Crippen molar-refractivity contribution >= 4 is 11.9 Å². The van der Waals surface area contributed by atoms with Crippen molar-refractivity contribution in [2.45, 2.75) is 38.2 Å². The molecule has 7 atom stereocenters. The van der Waals surface area contributed by atoms with Gasteiger partial charge in [0.25, 0.3) is 5.92 Å². The van der Waals surface area contributed by atoms with Gasteiger partial charge in [0.2, 0.25) is 5.91 Å². The molecule has 0 aromatic rings. The van der Waals surface area contributed by atoms with Crippen LogP contribution in [0.3, 0.4) is 0 Å². The maximum atomic E-state index is 13.6.